The van der Waals surface area contributed by atoms with Crippen molar-refractivity contribution in [2.45, 2.75) is 20.3 Å². The number of amidine groups is 1. The molecule has 0 aromatic rings. The van der Waals surface area contributed by atoms with Crippen LogP contribution in [0.1, 0.15) is 20.3 Å². The summed E-state index contributed by atoms with van der Waals surface area (Å²) in [5.74, 6) is 0.0429. The van der Waals surface area contributed by atoms with E-state index in [2.05, 4.69) is 10.3 Å². The number of hydrogen-bond acceptors (Lipinski definition) is 3. The van der Waals surface area contributed by atoms with Crippen LogP contribution in [-0.4, -0.2) is 30.0 Å². The van der Waals surface area contributed by atoms with Crippen molar-refractivity contribution in [2.24, 2.45) is 10.4 Å². The summed E-state index contributed by atoms with van der Waals surface area (Å²) in [5.41, 5.74) is -0.712. The van der Waals surface area contributed by atoms with Gasteiger partial charge in [-0.2, -0.15) is 0 Å². The first-order valence-electron chi connectivity index (χ1n) is 4.03. The lowest BCUT2D eigenvalue weighted by Crippen LogP contribution is -2.31. The molecule has 0 unspecified atom stereocenters. The molecule has 0 atom stereocenters. The molecule has 0 amide bonds. The van der Waals surface area contributed by atoms with Crippen LogP contribution in [0.5, 0.6) is 0 Å². The molecule has 1 aliphatic rings. The number of carboxylic acid groups (broad SMARTS) is 1. The molecule has 4 nitrogen and oxygen atoms in total. The molecule has 68 valence electrons. The molecule has 0 aliphatic carbocycles. The third kappa shape index (κ3) is 1.96. The highest BCUT2D eigenvalue weighted by Gasteiger charge is 2.29. The van der Waals surface area contributed by atoms with Gasteiger partial charge in [0.15, 0.2) is 0 Å². The van der Waals surface area contributed by atoms with Crippen molar-refractivity contribution in [2.75, 3.05) is 13.1 Å². The average molecular weight is 170 g/mol. The van der Waals surface area contributed by atoms with E-state index in [1.54, 1.807) is 13.8 Å². The SMILES string of the molecule is CC(C)(CC1=NCCN1)C(=O)O. The fourth-order valence-corrected chi connectivity index (χ4v) is 1.06. The first-order valence-corrected chi connectivity index (χ1v) is 4.03. The van der Waals surface area contributed by atoms with Crippen molar-refractivity contribution >= 4 is 11.8 Å². The Morgan fingerprint density at radius 1 is 1.75 bits per heavy atom. The Morgan fingerprint density at radius 2 is 2.42 bits per heavy atom. The van der Waals surface area contributed by atoms with Crippen LogP contribution in [0.4, 0.5) is 0 Å². The van der Waals surface area contributed by atoms with Crippen LogP contribution in [-0.2, 0) is 4.79 Å². The standard InChI is InChI=1S/C8H14N2O2/c1-8(2,7(11)12)5-6-9-3-4-10-6/h3-5H2,1-2H3,(H,9,10)(H,11,12). The van der Waals surface area contributed by atoms with Gasteiger partial charge >= 0.3 is 5.97 Å². The van der Waals surface area contributed by atoms with Gasteiger partial charge in [0.05, 0.1) is 17.8 Å². The van der Waals surface area contributed by atoms with Crippen molar-refractivity contribution in [3.8, 4) is 0 Å². The highest BCUT2D eigenvalue weighted by Crippen LogP contribution is 2.21. The van der Waals surface area contributed by atoms with Crippen LogP contribution in [0, 0.1) is 5.41 Å². The van der Waals surface area contributed by atoms with Gasteiger partial charge in [-0.25, -0.2) is 0 Å². The molecule has 0 aromatic heterocycles. The molecule has 0 fully saturated rings. The number of carbonyl (C=O) groups is 1. The van der Waals surface area contributed by atoms with E-state index in [1.807, 2.05) is 0 Å². The maximum absolute atomic E-state index is 10.7. The monoisotopic (exact) mass is 170 g/mol. The molecule has 2 N–H and O–H groups in total. The Labute approximate surface area is 71.7 Å². The summed E-state index contributed by atoms with van der Waals surface area (Å²) in [6, 6.07) is 0. The van der Waals surface area contributed by atoms with E-state index in [0.717, 1.165) is 18.9 Å². The maximum Gasteiger partial charge on any atom is 0.309 e. The topological polar surface area (TPSA) is 61.7 Å². The van der Waals surface area contributed by atoms with Gasteiger partial charge < -0.3 is 10.4 Å². The second kappa shape index (κ2) is 3.13. The van der Waals surface area contributed by atoms with Gasteiger partial charge in [-0.1, -0.05) is 0 Å². The number of nitrogens with one attached hydrogen (secondary N) is 1. The highest BCUT2D eigenvalue weighted by atomic mass is 16.4. The summed E-state index contributed by atoms with van der Waals surface area (Å²) in [6.07, 6.45) is 0.488. The van der Waals surface area contributed by atoms with E-state index in [9.17, 15) is 4.79 Å². The van der Waals surface area contributed by atoms with Gasteiger partial charge in [0, 0.05) is 13.0 Å². The van der Waals surface area contributed by atoms with Gasteiger partial charge in [0.2, 0.25) is 0 Å². The molecule has 1 heterocycles. The summed E-state index contributed by atoms with van der Waals surface area (Å²) in [4.78, 5) is 14.9. The van der Waals surface area contributed by atoms with E-state index in [0.29, 0.717) is 6.42 Å². The predicted molar refractivity (Wildman–Crippen MR) is 46.3 cm³/mol. The number of hydrogen-bond donors (Lipinski definition) is 2. The first-order chi connectivity index (χ1) is 5.52. The van der Waals surface area contributed by atoms with Crippen molar-refractivity contribution in [3.05, 3.63) is 0 Å². The summed E-state index contributed by atoms with van der Waals surface area (Å²) in [7, 11) is 0. The van der Waals surface area contributed by atoms with Crippen molar-refractivity contribution in [3.63, 3.8) is 0 Å². The summed E-state index contributed by atoms with van der Waals surface area (Å²) >= 11 is 0. The van der Waals surface area contributed by atoms with Crippen LogP contribution >= 0.6 is 0 Å². The van der Waals surface area contributed by atoms with Crippen LogP contribution in [0.3, 0.4) is 0 Å². The lowest BCUT2D eigenvalue weighted by molar-refractivity contribution is -0.146. The molecular formula is C8H14N2O2. The van der Waals surface area contributed by atoms with E-state index >= 15 is 0 Å². The van der Waals surface area contributed by atoms with E-state index in [1.165, 1.54) is 0 Å². The molecule has 0 saturated heterocycles. The number of carboxylic acids is 1. The largest absolute Gasteiger partial charge is 0.481 e. The van der Waals surface area contributed by atoms with E-state index in [4.69, 9.17) is 5.11 Å². The second-order valence-corrected chi connectivity index (χ2v) is 3.62. The van der Waals surface area contributed by atoms with Gasteiger partial charge in [0.25, 0.3) is 0 Å². The van der Waals surface area contributed by atoms with Gasteiger partial charge in [-0.3, -0.25) is 9.79 Å². The van der Waals surface area contributed by atoms with Crippen LogP contribution < -0.4 is 5.32 Å². The zero-order valence-electron chi connectivity index (χ0n) is 7.42. The highest BCUT2D eigenvalue weighted by molar-refractivity contribution is 5.88. The van der Waals surface area contributed by atoms with E-state index in [-0.39, 0.29) is 0 Å². The minimum atomic E-state index is -0.779. The molecule has 1 rings (SSSR count). The van der Waals surface area contributed by atoms with Crippen molar-refractivity contribution in [1.82, 2.24) is 5.32 Å². The summed E-state index contributed by atoms with van der Waals surface area (Å²) < 4.78 is 0. The number of nitrogens with zero attached hydrogens (tertiary/aromatic N) is 1. The lowest BCUT2D eigenvalue weighted by atomic mass is 9.89. The Morgan fingerprint density at radius 3 is 2.83 bits per heavy atom. The number of aliphatic imine (C=N–C) groups is 1. The average Bonchev–Trinajstić information content (AvgIpc) is 2.38. The second-order valence-electron chi connectivity index (χ2n) is 3.62. The maximum atomic E-state index is 10.7. The molecule has 0 aromatic carbocycles. The normalized spacial score (nSPS) is 17.0. The molecule has 4 heteroatoms. The Kier molecular flexibility index (Phi) is 2.35. The van der Waals surface area contributed by atoms with Crippen LogP contribution in [0.2, 0.25) is 0 Å². The van der Waals surface area contributed by atoms with Crippen LogP contribution in [0.25, 0.3) is 0 Å². The lowest BCUT2D eigenvalue weighted by Gasteiger charge is -2.18. The summed E-state index contributed by atoms with van der Waals surface area (Å²) in [6.45, 7) is 5.02. The molecule has 1 aliphatic heterocycles. The first kappa shape index (κ1) is 9.03. The Balaban J connectivity index is 2.54. The smallest absolute Gasteiger partial charge is 0.309 e. The fraction of sp³-hybridized carbons (Fsp3) is 0.750. The molecule has 12 heavy (non-hydrogen) atoms. The molecular weight excluding hydrogens is 156 g/mol. The van der Waals surface area contributed by atoms with Crippen molar-refractivity contribution < 1.29 is 9.90 Å². The third-order valence-electron chi connectivity index (χ3n) is 1.93. The van der Waals surface area contributed by atoms with Gasteiger partial charge in [-0.05, 0) is 13.8 Å². The summed E-state index contributed by atoms with van der Waals surface area (Å²) in [5, 5.41) is 11.9. The molecule has 0 bridgehead atoms. The molecule has 0 saturated carbocycles. The third-order valence-corrected chi connectivity index (χ3v) is 1.93. The fourth-order valence-electron chi connectivity index (χ4n) is 1.06. The Bertz CT molecular complexity index is 221. The minimum absolute atomic E-state index is 0.488. The Hall–Kier alpha value is -1.06. The molecule has 0 radical (unpaired) electrons. The minimum Gasteiger partial charge on any atom is -0.481 e. The van der Waals surface area contributed by atoms with Crippen molar-refractivity contribution in [1.29, 1.82) is 0 Å². The zero-order chi connectivity index (χ0) is 9.19. The van der Waals surface area contributed by atoms with E-state index < -0.39 is 11.4 Å². The predicted octanol–water partition coefficient (Wildman–Crippen LogP) is 0.489. The van der Waals surface area contributed by atoms with Gasteiger partial charge in [-0.15, -0.1) is 0 Å². The number of rotatable bonds is 3. The van der Waals surface area contributed by atoms with Gasteiger partial charge in [0.1, 0.15) is 0 Å². The quantitative estimate of drug-likeness (QED) is 0.648. The molecule has 0 spiro atoms. The zero-order valence-corrected chi connectivity index (χ0v) is 7.42. The number of aliphatic carboxylic acids is 1. The van der Waals surface area contributed by atoms with Crippen LogP contribution in [0.15, 0.2) is 4.99 Å².